The quantitative estimate of drug-likeness (QED) is 0.523. The summed E-state index contributed by atoms with van der Waals surface area (Å²) in [6.07, 6.45) is 8.40. The van der Waals surface area contributed by atoms with Crippen molar-refractivity contribution in [2.75, 3.05) is 43.4 Å². The third-order valence-electron chi connectivity index (χ3n) is 7.27. The summed E-state index contributed by atoms with van der Waals surface area (Å²) >= 11 is 6.66. The summed E-state index contributed by atoms with van der Waals surface area (Å²) in [5, 5.41) is 0.650. The summed E-state index contributed by atoms with van der Waals surface area (Å²) in [5.74, 6) is 1.70. The van der Waals surface area contributed by atoms with Crippen LogP contribution in [-0.2, 0) is 0 Å². The van der Waals surface area contributed by atoms with Crippen LogP contribution in [-0.4, -0.2) is 75.5 Å². The van der Waals surface area contributed by atoms with Gasteiger partial charge in [0.25, 0.3) is 5.91 Å². The van der Waals surface area contributed by atoms with Gasteiger partial charge in [-0.25, -0.2) is 9.97 Å². The van der Waals surface area contributed by atoms with Crippen LogP contribution in [0.25, 0.3) is 11.4 Å². The number of benzene rings is 1. The monoisotopic (exact) mass is 493 g/mol. The maximum atomic E-state index is 12.9. The molecule has 3 N–H and O–H groups in total. The molecule has 5 rings (SSSR count). The number of hydrogen-bond acceptors (Lipinski definition) is 6. The molecule has 1 atom stereocenters. The molecule has 0 aliphatic carbocycles. The summed E-state index contributed by atoms with van der Waals surface area (Å²) in [5.41, 5.74) is 8.03. The van der Waals surface area contributed by atoms with Gasteiger partial charge in [0.2, 0.25) is 0 Å². The number of nitrogen functional groups attached to an aromatic ring is 1. The van der Waals surface area contributed by atoms with Crippen molar-refractivity contribution in [3.8, 4) is 11.4 Å². The number of piperidine rings is 1. The summed E-state index contributed by atoms with van der Waals surface area (Å²) < 4.78 is 0. The second-order valence-electron chi connectivity index (χ2n) is 9.36. The molecule has 2 fully saturated rings. The lowest BCUT2D eigenvalue weighted by Crippen LogP contribution is -2.58. The number of carbonyl (C=O) groups excluding carboxylic acids is 1. The minimum Gasteiger partial charge on any atom is -0.399 e. The zero-order valence-electron chi connectivity index (χ0n) is 20.0. The van der Waals surface area contributed by atoms with E-state index in [-0.39, 0.29) is 5.91 Å². The standard InChI is InChI=1S/C26H32ClN7O/c1-2-21-17-33(25-23(27)15-19(16-31-25)24-29-9-10-30-24)13-14-34(21)22-7-11-32(12-8-22)26(35)18-3-5-20(28)6-4-18/h3-6,9-10,15-16,21-22H,2,7-8,11-14,17,28H2,1H3,(H,29,30)/t21-/m0/s1. The van der Waals surface area contributed by atoms with Gasteiger partial charge >= 0.3 is 0 Å². The zero-order chi connectivity index (χ0) is 24.4. The Bertz CT molecular complexity index is 1140. The molecule has 0 saturated carbocycles. The van der Waals surface area contributed by atoms with Crippen LogP contribution < -0.4 is 10.6 Å². The van der Waals surface area contributed by atoms with Crippen LogP contribution in [0.1, 0.15) is 36.5 Å². The van der Waals surface area contributed by atoms with Gasteiger partial charge in [-0.3, -0.25) is 9.69 Å². The topological polar surface area (TPSA) is 94.4 Å². The Morgan fingerprint density at radius 2 is 1.91 bits per heavy atom. The fraction of sp³-hybridized carbons (Fsp3) is 0.423. The second-order valence-corrected chi connectivity index (χ2v) is 9.77. The number of aromatic nitrogens is 3. The van der Waals surface area contributed by atoms with Crippen molar-refractivity contribution in [3.63, 3.8) is 0 Å². The molecule has 8 nitrogen and oxygen atoms in total. The highest BCUT2D eigenvalue weighted by atomic mass is 35.5. The highest BCUT2D eigenvalue weighted by Crippen LogP contribution is 2.31. The molecule has 0 unspecified atom stereocenters. The Labute approximate surface area is 211 Å². The van der Waals surface area contributed by atoms with Crippen molar-refractivity contribution < 1.29 is 4.79 Å². The van der Waals surface area contributed by atoms with E-state index in [9.17, 15) is 4.79 Å². The van der Waals surface area contributed by atoms with Gasteiger partial charge in [0.15, 0.2) is 0 Å². The van der Waals surface area contributed by atoms with Crippen molar-refractivity contribution in [1.82, 2.24) is 24.8 Å². The fourth-order valence-corrected chi connectivity index (χ4v) is 5.62. The van der Waals surface area contributed by atoms with Crippen molar-refractivity contribution in [2.45, 2.75) is 38.3 Å². The molecular formula is C26H32ClN7O. The number of carbonyl (C=O) groups is 1. The van der Waals surface area contributed by atoms with E-state index < -0.39 is 0 Å². The van der Waals surface area contributed by atoms with Gasteiger partial charge < -0.3 is 20.5 Å². The Balaban J connectivity index is 1.20. The molecule has 2 saturated heterocycles. The summed E-state index contributed by atoms with van der Waals surface area (Å²) in [6.45, 7) is 6.56. The van der Waals surface area contributed by atoms with Crippen LogP contribution in [0, 0.1) is 0 Å². The first-order chi connectivity index (χ1) is 17.0. The number of imidazole rings is 1. The summed E-state index contributed by atoms with van der Waals surface area (Å²) in [4.78, 5) is 31.9. The van der Waals surface area contributed by atoms with Crippen molar-refractivity contribution >= 4 is 29.0 Å². The zero-order valence-corrected chi connectivity index (χ0v) is 20.8. The first-order valence-corrected chi connectivity index (χ1v) is 12.7. The third-order valence-corrected chi connectivity index (χ3v) is 7.55. The predicted molar refractivity (Wildman–Crippen MR) is 140 cm³/mol. The Morgan fingerprint density at radius 3 is 2.57 bits per heavy atom. The van der Waals surface area contributed by atoms with E-state index in [1.807, 2.05) is 29.3 Å². The molecule has 35 heavy (non-hydrogen) atoms. The number of piperazine rings is 1. The van der Waals surface area contributed by atoms with E-state index >= 15 is 0 Å². The maximum absolute atomic E-state index is 12.9. The number of nitrogens with two attached hydrogens (primary N) is 1. The number of halogens is 1. The number of pyridine rings is 1. The minimum absolute atomic E-state index is 0.0963. The Kier molecular flexibility index (Phi) is 6.92. The van der Waals surface area contributed by atoms with E-state index in [0.717, 1.165) is 69.2 Å². The number of aromatic amines is 1. The average molecular weight is 494 g/mol. The molecule has 0 radical (unpaired) electrons. The molecule has 2 aliphatic rings. The number of nitrogens with zero attached hydrogens (tertiary/aromatic N) is 5. The van der Waals surface area contributed by atoms with Gasteiger partial charge in [0, 0.05) is 80.2 Å². The number of amides is 1. The predicted octanol–water partition coefficient (Wildman–Crippen LogP) is 3.91. The number of rotatable bonds is 5. The van der Waals surface area contributed by atoms with Gasteiger partial charge in [0.05, 0.1) is 5.02 Å². The van der Waals surface area contributed by atoms with E-state index in [2.05, 4.69) is 26.7 Å². The van der Waals surface area contributed by atoms with Gasteiger partial charge in [-0.2, -0.15) is 0 Å². The summed E-state index contributed by atoms with van der Waals surface area (Å²) in [6, 6.07) is 10.1. The van der Waals surface area contributed by atoms with Crippen molar-refractivity contribution in [1.29, 1.82) is 0 Å². The largest absolute Gasteiger partial charge is 0.399 e. The molecular weight excluding hydrogens is 462 g/mol. The van der Waals surface area contributed by atoms with E-state index in [1.165, 1.54) is 0 Å². The smallest absolute Gasteiger partial charge is 0.253 e. The molecule has 0 spiro atoms. The number of H-pyrrole nitrogens is 1. The molecule has 184 valence electrons. The minimum atomic E-state index is 0.0963. The van der Waals surface area contributed by atoms with Crippen molar-refractivity contribution in [2.24, 2.45) is 0 Å². The third kappa shape index (κ3) is 4.99. The molecule has 1 amide bonds. The summed E-state index contributed by atoms with van der Waals surface area (Å²) in [7, 11) is 0. The maximum Gasteiger partial charge on any atom is 0.253 e. The van der Waals surface area contributed by atoms with Crippen LogP contribution in [0.2, 0.25) is 5.02 Å². The molecule has 9 heteroatoms. The van der Waals surface area contributed by atoms with Gasteiger partial charge in [-0.05, 0) is 49.6 Å². The molecule has 0 bridgehead atoms. The fourth-order valence-electron chi connectivity index (χ4n) is 5.33. The van der Waals surface area contributed by atoms with Crippen LogP contribution in [0.15, 0.2) is 48.9 Å². The second kappa shape index (κ2) is 10.3. The number of hydrogen-bond donors (Lipinski definition) is 2. The SMILES string of the molecule is CC[C@H]1CN(c2ncc(-c3ncc[nH]3)cc2Cl)CCN1C1CCN(C(=O)c2ccc(N)cc2)CC1. The molecule has 2 aliphatic heterocycles. The van der Waals surface area contributed by atoms with Crippen LogP contribution in [0.4, 0.5) is 11.5 Å². The Hall–Kier alpha value is -3.10. The molecule has 4 heterocycles. The van der Waals surface area contributed by atoms with Gasteiger partial charge in [0.1, 0.15) is 11.6 Å². The molecule has 2 aromatic heterocycles. The van der Waals surface area contributed by atoms with Crippen LogP contribution >= 0.6 is 11.6 Å². The van der Waals surface area contributed by atoms with Gasteiger partial charge in [-0.15, -0.1) is 0 Å². The Morgan fingerprint density at radius 1 is 1.14 bits per heavy atom. The van der Waals surface area contributed by atoms with E-state index in [1.54, 1.807) is 24.5 Å². The number of likely N-dealkylation sites (tertiary alicyclic amines) is 1. The number of anilines is 2. The average Bonchev–Trinajstić information content (AvgIpc) is 3.44. The number of nitrogens with one attached hydrogen (secondary N) is 1. The van der Waals surface area contributed by atoms with Crippen LogP contribution in [0.3, 0.4) is 0 Å². The lowest BCUT2D eigenvalue weighted by atomic mass is 9.97. The first kappa shape index (κ1) is 23.6. The van der Waals surface area contributed by atoms with Crippen LogP contribution in [0.5, 0.6) is 0 Å². The lowest BCUT2D eigenvalue weighted by Gasteiger charge is -2.47. The van der Waals surface area contributed by atoms with E-state index in [4.69, 9.17) is 22.3 Å². The van der Waals surface area contributed by atoms with Gasteiger partial charge in [-0.1, -0.05) is 18.5 Å². The van der Waals surface area contributed by atoms with Crippen molar-refractivity contribution in [3.05, 3.63) is 59.5 Å². The highest BCUT2D eigenvalue weighted by molar-refractivity contribution is 6.33. The molecule has 1 aromatic carbocycles. The molecule has 3 aromatic rings. The van der Waals surface area contributed by atoms with E-state index in [0.29, 0.717) is 28.4 Å². The lowest BCUT2D eigenvalue weighted by molar-refractivity contribution is 0.0491. The normalized spacial score (nSPS) is 19.8. The highest BCUT2D eigenvalue weighted by Gasteiger charge is 2.34. The first-order valence-electron chi connectivity index (χ1n) is 12.3.